The van der Waals surface area contributed by atoms with Gasteiger partial charge >= 0.3 is 0 Å². The van der Waals surface area contributed by atoms with E-state index < -0.39 is 6.04 Å². The molecule has 0 aliphatic heterocycles. The highest BCUT2D eigenvalue weighted by Crippen LogP contribution is 2.07. The van der Waals surface area contributed by atoms with Crippen molar-refractivity contribution in [3.05, 3.63) is 35.9 Å². The van der Waals surface area contributed by atoms with Crippen molar-refractivity contribution in [1.29, 1.82) is 0 Å². The van der Waals surface area contributed by atoms with Gasteiger partial charge in [-0.15, -0.1) is 0 Å². The molecule has 0 aromatic heterocycles. The Balaban J connectivity index is 2.70. The number of hydrogen-bond acceptors (Lipinski definition) is 2. The van der Waals surface area contributed by atoms with Gasteiger partial charge in [-0.2, -0.15) is 0 Å². The molecule has 1 atom stereocenters. The number of carbonyl (C=O) groups excluding carboxylic acids is 2. The van der Waals surface area contributed by atoms with E-state index in [0.29, 0.717) is 13.0 Å². The largest absolute Gasteiger partial charge is 0.357 e. The predicted molar refractivity (Wildman–Crippen MR) is 75.7 cm³/mol. The van der Waals surface area contributed by atoms with E-state index in [2.05, 4.69) is 5.32 Å². The van der Waals surface area contributed by atoms with Crippen LogP contribution in [0.3, 0.4) is 0 Å². The van der Waals surface area contributed by atoms with E-state index in [1.807, 2.05) is 37.3 Å². The number of amides is 2. The van der Waals surface area contributed by atoms with Crippen molar-refractivity contribution in [2.45, 2.75) is 32.7 Å². The molecule has 1 N–H and O–H groups in total. The number of benzene rings is 1. The fraction of sp³-hybridized carbons (Fsp3) is 0.467. The molecule has 0 spiro atoms. The molecule has 1 aromatic carbocycles. The minimum absolute atomic E-state index is 0.00651. The summed E-state index contributed by atoms with van der Waals surface area (Å²) in [5.74, 6) is -0.123. The SMILES string of the molecule is CCC(=O)N(CCc1ccccc1)[C@@H](C)C(=O)NC. The molecule has 0 radical (unpaired) electrons. The summed E-state index contributed by atoms with van der Waals surface area (Å²) in [5, 5.41) is 2.59. The zero-order chi connectivity index (χ0) is 14.3. The van der Waals surface area contributed by atoms with Crippen molar-refractivity contribution in [2.75, 3.05) is 13.6 Å². The topological polar surface area (TPSA) is 49.4 Å². The molecule has 1 aromatic rings. The van der Waals surface area contributed by atoms with E-state index in [0.717, 1.165) is 6.42 Å². The van der Waals surface area contributed by atoms with Crippen LogP contribution >= 0.6 is 0 Å². The molecule has 4 nitrogen and oxygen atoms in total. The summed E-state index contributed by atoms with van der Waals surface area (Å²) in [6.45, 7) is 4.14. The maximum atomic E-state index is 11.9. The van der Waals surface area contributed by atoms with Crippen molar-refractivity contribution in [3.8, 4) is 0 Å². The molecule has 0 bridgehead atoms. The summed E-state index contributed by atoms with van der Waals surface area (Å²) in [6.07, 6.45) is 1.17. The fourth-order valence-electron chi connectivity index (χ4n) is 1.98. The lowest BCUT2D eigenvalue weighted by Gasteiger charge is -2.28. The molecule has 4 heteroatoms. The van der Waals surface area contributed by atoms with Crippen LogP contribution < -0.4 is 5.32 Å². The Kier molecular flexibility index (Phi) is 6.06. The van der Waals surface area contributed by atoms with Gasteiger partial charge in [0.05, 0.1) is 0 Å². The van der Waals surface area contributed by atoms with Crippen LogP contribution in [0.5, 0.6) is 0 Å². The summed E-state index contributed by atoms with van der Waals surface area (Å²) >= 11 is 0. The zero-order valence-electron chi connectivity index (χ0n) is 11.8. The molecular weight excluding hydrogens is 240 g/mol. The first-order chi connectivity index (χ1) is 9.10. The molecule has 0 heterocycles. The van der Waals surface area contributed by atoms with Crippen molar-refractivity contribution in [1.82, 2.24) is 10.2 Å². The lowest BCUT2D eigenvalue weighted by atomic mass is 10.1. The van der Waals surface area contributed by atoms with Gasteiger partial charge in [0.2, 0.25) is 11.8 Å². The average molecular weight is 262 g/mol. The molecule has 2 amide bonds. The Hall–Kier alpha value is -1.84. The van der Waals surface area contributed by atoms with Crippen LogP contribution in [0.4, 0.5) is 0 Å². The summed E-state index contributed by atoms with van der Waals surface area (Å²) in [7, 11) is 1.59. The summed E-state index contributed by atoms with van der Waals surface area (Å²) in [6, 6.07) is 9.54. The normalized spacial score (nSPS) is 11.7. The summed E-state index contributed by atoms with van der Waals surface area (Å²) in [4.78, 5) is 25.3. The number of carbonyl (C=O) groups is 2. The molecule has 0 saturated carbocycles. The second-order valence-electron chi connectivity index (χ2n) is 4.47. The van der Waals surface area contributed by atoms with Crippen LogP contribution in [0.15, 0.2) is 30.3 Å². The van der Waals surface area contributed by atoms with E-state index in [1.165, 1.54) is 5.56 Å². The highest BCUT2D eigenvalue weighted by Gasteiger charge is 2.23. The summed E-state index contributed by atoms with van der Waals surface area (Å²) < 4.78 is 0. The zero-order valence-corrected chi connectivity index (χ0v) is 11.8. The average Bonchev–Trinajstić information content (AvgIpc) is 2.47. The first-order valence-corrected chi connectivity index (χ1v) is 6.65. The third-order valence-corrected chi connectivity index (χ3v) is 3.20. The number of hydrogen-bond donors (Lipinski definition) is 1. The highest BCUT2D eigenvalue weighted by molar-refractivity contribution is 5.87. The molecule has 1 rings (SSSR count). The van der Waals surface area contributed by atoms with Crippen molar-refractivity contribution in [3.63, 3.8) is 0 Å². The molecule has 0 saturated heterocycles. The third kappa shape index (κ3) is 4.39. The number of nitrogens with zero attached hydrogens (tertiary/aromatic N) is 1. The molecule has 0 unspecified atom stereocenters. The van der Waals surface area contributed by atoms with Gasteiger partial charge in [-0.25, -0.2) is 0 Å². The quantitative estimate of drug-likeness (QED) is 0.846. The van der Waals surface area contributed by atoms with Gasteiger partial charge in [-0.3, -0.25) is 9.59 Å². The van der Waals surface area contributed by atoms with Crippen LogP contribution in [0, 0.1) is 0 Å². The van der Waals surface area contributed by atoms with E-state index in [1.54, 1.807) is 18.9 Å². The Morgan fingerprint density at radius 2 is 1.89 bits per heavy atom. The Morgan fingerprint density at radius 3 is 2.42 bits per heavy atom. The highest BCUT2D eigenvalue weighted by atomic mass is 16.2. The molecule has 19 heavy (non-hydrogen) atoms. The van der Waals surface area contributed by atoms with Gasteiger partial charge in [0.25, 0.3) is 0 Å². The smallest absolute Gasteiger partial charge is 0.242 e. The van der Waals surface area contributed by atoms with Gasteiger partial charge in [0.15, 0.2) is 0 Å². The van der Waals surface area contributed by atoms with Crippen LogP contribution in [-0.2, 0) is 16.0 Å². The number of likely N-dealkylation sites (N-methyl/N-ethyl adjacent to an activating group) is 1. The Labute approximate surface area is 114 Å². The first kappa shape index (κ1) is 15.2. The van der Waals surface area contributed by atoms with Crippen LogP contribution in [0.2, 0.25) is 0 Å². The van der Waals surface area contributed by atoms with Crippen LogP contribution in [0.25, 0.3) is 0 Å². The second-order valence-corrected chi connectivity index (χ2v) is 4.47. The van der Waals surface area contributed by atoms with E-state index in [-0.39, 0.29) is 11.8 Å². The van der Waals surface area contributed by atoms with E-state index in [4.69, 9.17) is 0 Å². The third-order valence-electron chi connectivity index (χ3n) is 3.20. The van der Waals surface area contributed by atoms with Crippen molar-refractivity contribution in [2.24, 2.45) is 0 Å². The lowest BCUT2D eigenvalue weighted by molar-refractivity contribution is -0.139. The van der Waals surface area contributed by atoms with E-state index >= 15 is 0 Å². The first-order valence-electron chi connectivity index (χ1n) is 6.65. The van der Waals surface area contributed by atoms with E-state index in [9.17, 15) is 9.59 Å². The maximum Gasteiger partial charge on any atom is 0.242 e. The Morgan fingerprint density at radius 1 is 1.26 bits per heavy atom. The van der Waals surface area contributed by atoms with Gasteiger partial charge in [0.1, 0.15) is 6.04 Å². The second kappa shape index (κ2) is 7.56. The maximum absolute atomic E-state index is 11.9. The minimum atomic E-state index is -0.429. The lowest BCUT2D eigenvalue weighted by Crippen LogP contribution is -2.47. The van der Waals surface area contributed by atoms with Crippen LogP contribution in [-0.4, -0.2) is 36.3 Å². The minimum Gasteiger partial charge on any atom is -0.357 e. The fourth-order valence-corrected chi connectivity index (χ4v) is 1.98. The molecule has 0 aliphatic rings. The standard InChI is InChI=1S/C15H22N2O2/c1-4-14(18)17(12(2)15(19)16-3)11-10-13-8-6-5-7-9-13/h5-9,12H,4,10-11H2,1-3H3,(H,16,19)/t12-/m0/s1. The Bertz CT molecular complexity index is 417. The molecule has 0 fully saturated rings. The van der Waals surface area contributed by atoms with Crippen LogP contribution in [0.1, 0.15) is 25.8 Å². The van der Waals surface area contributed by atoms with Crippen molar-refractivity contribution < 1.29 is 9.59 Å². The number of rotatable bonds is 6. The van der Waals surface area contributed by atoms with Crippen molar-refractivity contribution >= 4 is 11.8 Å². The summed E-state index contributed by atoms with van der Waals surface area (Å²) in [5.41, 5.74) is 1.17. The molecular formula is C15H22N2O2. The number of nitrogens with one attached hydrogen (secondary N) is 1. The predicted octanol–water partition coefficient (Wildman–Crippen LogP) is 1.60. The van der Waals surface area contributed by atoms with Gasteiger partial charge in [-0.05, 0) is 18.9 Å². The molecule has 104 valence electrons. The van der Waals surface area contributed by atoms with Gasteiger partial charge in [0, 0.05) is 20.0 Å². The monoisotopic (exact) mass is 262 g/mol. The van der Waals surface area contributed by atoms with Gasteiger partial charge < -0.3 is 10.2 Å². The molecule has 0 aliphatic carbocycles. The van der Waals surface area contributed by atoms with Gasteiger partial charge in [-0.1, -0.05) is 37.3 Å².